The van der Waals surface area contributed by atoms with Gasteiger partial charge in [0, 0.05) is 6.04 Å². The lowest BCUT2D eigenvalue weighted by molar-refractivity contribution is -0.122. The summed E-state index contributed by atoms with van der Waals surface area (Å²) in [5.74, 6) is -0.678. The predicted octanol–water partition coefficient (Wildman–Crippen LogP) is 3.67. The van der Waals surface area contributed by atoms with Gasteiger partial charge in [-0.25, -0.2) is 4.39 Å². The van der Waals surface area contributed by atoms with E-state index in [1.807, 2.05) is 13.8 Å². The van der Waals surface area contributed by atoms with E-state index < -0.39 is 11.4 Å². The number of aliphatic hydroxyl groups is 1. The Morgan fingerprint density at radius 1 is 1.27 bits per heavy atom. The maximum atomic E-state index is 13.4. The molecule has 1 saturated carbocycles. The van der Waals surface area contributed by atoms with Crippen molar-refractivity contribution >= 4 is 17.3 Å². The van der Waals surface area contributed by atoms with Gasteiger partial charge in [0.2, 0.25) is 5.91 Å². The van der Waals surface area contributed by atoms with Crippen LogP contribution in [0.5, 0.6) is 0 Å². The van der Waals surface area contributed by atoms with Crippen molar-refractivity contribution in [2.75, 3.05) is 10.6 Å². The summed E-state index contributed by atoms with van der Waals surface area (Å²) in [5.41, 5.74) is 0.180. The maximum absolute atomic E-state index is 13.4. The maximum Gasteiger partial charge on any atom is 0.227 e. The fraction of sp³-hybridized carbons (Fsp3) is 0.588. The van der Waals surface area contributed by atoms with Crippen LogP contribution in [-0.2, 0) is 4.79 Å². The number of carbonyl (C=O) groups is 1. The molecule has 22 heavy (non-hydrogen) atoms. The van der Waals surface area contributed by atoms with E-state index in [9.17, 15) is 14.3 Å². The van der Waals surface area contributed by atoms with Crippen LogP contribution in [0.25, 0.3) is 0 Å². The quantitative estimate of drug-likeness (QED) is 0.778. The second-order valence-corrected chi connectivity index (χ2v) is 6.50. The Morgan fingerprint density at radius 3 is 2.59 bits per heavy atom. The molecular weight excluding hydrogens is 283 g/mol. The van der Waals surface area contributed by atoms with Gasteiger partial charge in [-0.3, -0.25) is 4.79 Å². The van der Waals surface area contributed by atoms with Gasteiger partial charge in [0.15, 0.2) is 0 Å². The SMILES string of the molecule is CC(C)Nc1ccc(F)cc1NC(=O)CC1(O)CCCCC1. The lowest BCUT2D eigenvalue weighted by Crippen LogP contribution is -2.36. The molecule has 0 spiro atoms. The summed E-state index contributed by atoms with van der Waals surface area (Å²) in [6.07, 6.45) is 4.37. The van der Waals surface area contributed by atoms with Gasteiger partial charge in [-0.05, 0) is 44.9 Å². The number of halogens is 1. The first-order valence-electron chi connectivity index (χ1n) is 7.96. The minimum atomic E-state index is -0.915. The van der Waals surface area contributed by atoms with Crippen molar-refractivity contribution in [3.05, 3.63) is 24.0 Å². The van der Waals surface area contributed by atoms with Crippen LogP contribution >= 0.6 is 0 Å². The van der Waals surface area contributed by atoms with Crippen molar-refractivity contribution in [3.8, 4) is 0 Å². The first-order valence-corrected chi connectivity index (χ1v) is 7.96. The fourth-order valence-corrected chi connectivity index (χ4v) is 2.94. The predicted molar refractivity (Wildman–Crippen MR) is 86.4 cm³/mol. The van der Waals surface area contributed by atoms with Gasteiger partial charge in [-0.1, -0.05) is 19.3 Å². The monoisotopic (exact) mass is 308 g/mol. The Bertz CT molecular complexity index is 525. The number of anilines is 2. The summed E-state index contributed by atoms with van der Waals surface area (Å²) in [7, 11) is 0. The second kappa shape index (κ2) is 7.09. The Balaban J connectivity index is 2.05. The van der Waals surface area contributed by atoms with E-state index in [0.717, 1.165) is 19.3 Å². The molecular formula is C17H25FN2O2. The number of amides is 1. The molecule has 1 fully saturated rings. The highest BCUT2D eigenvalue weighted by atomic mass is 19.1. The molecule has 1 amide bonds. The normalized spacial score (nSPS) is 17.3. The van der Waals surface area contributed by atoms with E-state index in [4.69, 9.17) is 0 Å². The molecule has 2 rings (SSSR count). The molecule has 1 aliphatic carbocycles. The highest BCUT2D eigenvalue weighted by Gasteiger charge is 2.31. The largest absolute Gasteiger partial charge is 0.389 e. The summed E-state index contributed by atoms with van der Waals surface area (Å²) in [4.78, 5) is 12.2. The van der Waals surface area contributed by atoms with Crippen molar-refractivity contribution in [3.63, 3.8) is 0 Å². The van der Waals surface area contributed by atoms with Crippen molar-refractivity contribution in [2.45, 2.75) is 64.0 Å². The van der Waals surface area contributed by atoms with Crippen molar-refractivity contribution in [1.82, 2.24) is 0 Å². The second-order valence-electron chi connectivity index (χ2n) is 6.50. The molecule has 1 aromatic carbocycles. The third kappa shape index (κ3) is 4.70. The van der Waals surface area contributed by atoms with Gasteiger partial charge in [-0.2, -0.15) is 0 Å². The van der Waals surface area contributed by atoms with Crippen molar-refractivity contribution < 1.29 is 14.3 Å². The smallest absolute Gasteiger partial charge is 0.227 e. The summed E-state index contributed by atoms with van der Waals surface area (Å²) in [5, 5.41) is 16.3. The molecule has 3 N–H and O–H groups in total. The van der Waals surface area contributed by atoms with Gasteiger partial charge in [0.25, 0.3) is 0 Å². The van der Waals surface area contributed by atoms with Crippen molar-refractivity contribution in [1.29, 1.82) is 0 Å². The number of carbonyl (C=O) groups excluding carboxylic acids is 1. The van der Waals surface area contributed by atoms with Gasteiger partial charge in [-0.15, -0.1) is 0 Å². The zero-order valence-electron chi connectivity index (χ0n) is 13.3. The Hall–Kier alpha value is -1.62. The molecule has 0 aliphatic heterocycles. The summed E-state index contributed by atoms with van der Waals surface area (Å²) < 4.78 is 13.4. The molecule has 122 valence electrons. The highest BCUT2D eigenvalue weighted by molar-refractivity contribution is 5.94. The zero-order chi connectivity index (χ0) is 16.2. The number of hydrogen-bond donors (Lipinski definition) is 3. The lowest BCUT2D eigenvalue weighted by Gasteiger charge is -2.31. The summed E-state index contributed by atoms with van der Waals surface area (Å²) >= 11 is 0. The first-order chi connectivity index (χ1) is 10.4. The van der Waals surface area contributed by atoms with Crippen LogP contribution in [0.15, 0.2) is 18.2 Å². The highest BCUT2D eigenvalue weighted by Crippen LogP contribution is 2.31. The molecule has 0 heterocycles. The number of rotatable bonds is 5. The summed E-state index contributed by atoms with van der Waals surface area (Å²) in [6, 6.07) is 4.44. The average Bonchev–Trinajstić information content (AvgIpc) is 2.41. The average molecular weight is 308 g/mol. The van der Waals surface area contributed by atoms with Crippen molar-refractivity contribution in [2.24, 2.45) is 0 Å². The molecule has 1 aromatic rings. The Morgan fingerprint density at radius 2 is 1.95 bits per heavy atom. The summed E-state index contributed by atoms with van der Waals surface area (Å²) in [6.45, 7) is 3.94. The van der Waals surface area contributed by atoms with Crippen LogP contribution < -0.4 is 10.6 Å². The standard InChI is InChI=1S/C17H25FN2O2/c1-12(2)19-14-7-6-13(18)10-15(14)20-16(21)11-17(22)8-4-3-5-9-17/h6-7,10,12,19,22H,3-5,8-9,11H2,1-2H3,(H,20,21). The minimum absolute atomic E-state index is 0.0602. The number of benzene rings is 1. The molecule has 0 unspecified atom stereocenters. The van der Waals surface area contributed by atoms with Gasteiger partial charge in [0.05, 0.1) is 23.4 Å². The third-order valence-electron chi connectivity index (χ3n) is 3.97. The molecule has 4 nitrogen and oxygen atoms in total. The van der Waals surface area contributed by atoms with Crippen LogP contribution in [-0.4, -0.2) is 22.7 Å². The van der Waals surface area contributed by atoms with E-state index in [1.54, 1.807) is 6.07 Å². The molecule has 0 atom stereocenters. The van der Waals surface area contributed by atoms with Crippen LogP contribution in [0.4, 0.5) is 15.8 Å². The molecule has 0 saturated heterocycles. The van der Waals surface area contributed by atoms with Gasteiger partial charge in [0.1, 0.15) is 5.82 Å². The van der Waals surface area contributed by atoms with E-state index in [-0.39, 0.29) is 18.4 Å². The topological polar surface area (TPSA) is 61.4 Å². The molecule has 1 aliphatic rings. The van der Waals surface area contributed by atoms with E-state index >= 15 is 0 Å². The van der Waals surface area contributed by atoms with Crippen LogP contribution in [0, 0.1) is 5.82 Å². The van der Waals surface area contributed by atoms with Gasteiger partial charge >= 0.3 is 0 Å². The number of hydrogen-bond acceptors (Lipinski definition) is 3. The van der Waals surface area contributed by atoms with E-state index in [2.05, 4.69) is 10.6 Å². The fourth-order valence-electron chi connectivity index (χ4n) is 2.94. The van der Waals surface area contributed by atoms with Crippen LogP contribution in [0.1, 0.15) is 52.4 Å². The Kier molecular flexibility index (Phi) is 5.40. The zero-order valence-corrected chi connectivity index (χ0v) is 13.3. The van der Waals surface area contributed by atoms with E-state index in [0.29, 0.717) is 24.2 Å². The van der Waals surface area contributed by atoms with E-state index in [1.165, 1.54) is 12.1 Å². The molecule has 0 bridgehead atoms. The Labute approximate surface area is 131 Å². The van der Waals surface area contributed by atoms with Gasteiger partial charge < -0.3 is 15.7 Å². The third-order valence-corrected chi connectivity index (χ3v) is 3.97. The molecule has 5 heteroatoms. The molecule has 0 aromatic heterocycles. The first kappa shape index (κ1) is 16.7. The van der Waals surface area contributed by atoms with Crippen LogP contribution in [0.3, 0.4) is 0 Å². The molecule has 0 radical (unpaired) electrons. The number of nitrogens with one attached hydrogen (secondary N) is 2. The van der Waals surface area contributed by atoms with Crippen LogP contribution in [0.2, 0.25) is 0 Å². The lowest BCUT2D eigenvalue weighted by atomic mass is 9.82. The minimum Gasteiger partial charge on any atom is -0.389 e.